The van der Waals surface area contributed by atoms with E-state index in [1.54, 1.807) is 0 Å². The van der Waals surface area contributed by atoms with Crippen LogP contribution in [0.25, 0.3) is 0 Å². The predicted molar refractivity (Wildman–Crippen MR) is 52.2 cm³/mol. The quantitative estimate of drug-likeness (QED) is 0.645. The van der Waals surface area contributed by atoms with Crippen molar-refractivity contribution in [2.75, 3.05) is 6.61 Å². The predicted octanol–water partition coefficient (Wildman–Crippen LogP) is 2.05. The summed E-state index contributed by atoms with van der Waals surface area (Å²) in [6.07, 6.45) is -0.184. The Labute approximate surface area is 95.5 Å². The van der Waals surface area contributed by atoms with Gasteiger partial charge < -0.3 is 10.8 Å². The molecule has 0 amide bonds. The Morgan fingerprint density at radius 3 is 1.94 bits per heavy atom. The van der Waals surface area contributed by atoms with Gasteiger partial charge in [0.15, 0.2) is 23.3 Å². The first kappa shape index (κ1) is 15.2. The molecule has 0 heterocycles. The summed E-state index contributed by atoms with van der Waals surface area (Å²) in [4.78, 5) is 0. The molecule has 0 aromatic heterocycles. The first-order valence-electron chi connectivity index (χ1n) is 4.18. The summed E-state index contributed by atoms with van der Waals surface area (Å²) in [6, 6.07) is -1.17. The Morgan fingerprint density at radius 1 is 1.12 bits per heavy atom. The van der Waals surface area contributed by atoms with Gasteiger partial charge in [-0.25, -0.2) is 17.6 Å². The van der Waals surface area contributed by atoms with Crippen LogP contribution in [-0.4, -0.2) is 11.7 Å². The van der Waals surface area contributed by atoms with Crippen molar-refractivity contribution in [3.05, 3.63) is 34.9 Å². The highest BCUT2D eigenvalue weighted by Gasteiger charge is 2.23. The van der Waals surface area contributed by atoms with Crippen molar-refractivity contribution in [1.29, 1.82) is 0 Å². The highest BCUT2D eigenvalue weighted by molar-refractivity contribution is 5.85. The van der Waals surface area contributed by atoms with Crippen LogP contribution in [0, 0.1) is 23.3 Å². The van der Waals surface area contributed by atoms with Gasteiger partial charge in [-0.15, -0.1) is 12.4 Å². The summed E-state index contributed by atoms with van der Waals surface area (Å²) < 4.78 is 51.6. The molecule has 1 unspecified atom stereocenters. The molecular weight excluding hydrogens is 250 g/mol. The molecule has 0 spiro atoms. The van der Waals surface area contributed by atoms with Crippen molar-refractivity contribution in [2.45, 2.75) is 12.5 Å². The van der Waals surface area contributed by atoms with E-state index in [2.05, 4.69) is 0 Å². The molecule has 0 aliphatic rings. The molecule has 1 rings (SSSR count). The van der Waals surface area contributed by atoms with Crippen molar-refractivity contribution in [3.8, 4) is 0 Å². The molecule has 0 aliphatic carbocycles. The normalized spacial score (nSPS) is 12.1. The zero-order chi connectivity index (χ0) is 11.6. The summed E-state index contributed by atoms with van der Waals surface area (Å²) in [6.45, 7) is -0.432. The third kappa shape index (κ3) is 2.84. The van der Waals surface area contributed by atoms with Crippen LogP contribution in [-0.2, 0) is 0 Å². The molecular formula is C9H10ClF4NO. The van der Waals surface area contributed by atoms with Gasteiger partial charge in [-0.2, -0.15) is 0 Å². The lowest BCUT2D eigenvalue weighted by Gasteiger charge is -2.13. The van der Waals surface area contributed by atoms with Crippen LogP contribution in [0.4, 0.5) is 17.6 Å². The molecule has 3 N–H and O–H groups in total. The minimum atomic E-state index is -1.52. The molecule has 1 aromatic carbocycles. The van der Waals surface area contributed by atoms with Gasteiger partial charge >= 0.3 is 0 Å². The van der Waals surface area contributed by atoms with Gasteiger partial charge in [0.1, 0.15) is 0 Å². The molecule has 0 fully saturated rings. The van der Waals surface area contributed by atoms with Crippen LogP contribution in [0.3, 0.4) is 0 Å². The van der Waals surface area contributed by atoms with Gasteiger partial charge in [0.25, 0.3) is 0 Å². The van der Waals surface area contributed by atoms with Crippen molar-refractivity contribution in [2.24, 2.45) is 5.73 Å². The zero-order valence-electron chi connectivity index (χ0n) is 8.01. The summed E-state index contributed by atoms with van der Waals surface area (Å²) in [7, 11) is 0. The Hall–Kier alpha value is -0.850. The van der Waals surface area contributed by atoms with E-state index in [1.807, 2.05) is 0 Å². The van der Waals surface area contributed by atoms with Gasteiger partial charge in [-0.1, -0.05) is 0 Å². The minimum Gasteiger partial charge on any atom is -0.396 e. The van der Waals surface area contributed by atoms with Crippen molar-refractivity contribution >= 4 is 12.4 Å². The first-order chi connectivity index (χ1) is 6.99. The maximum atomic E-state index is 13.1. The van der Waals surface area contributed by atoms with Gasteiger partial charge in [0.2, 0.25) is 0 Å². The molecule has 0 saturated carbocycles. The molecule has 1 atom stereocenters. The Balaban J connectivity index is 0.00000225. The number of hydrogen-bond acceptors (Lipinski definition) is 2. The van der Waals surface area contributed by atoms with Gasteiger partial charge in [-0.05, 0) is 6.42 Å². The van der Waals surface area contributed by atoms with E-state index in [-0.39, 0.29) is 24.9 Å². The topological polar surface area (TPSA) is 46.2 Å². The van der Waals surface area contributed by atoms with E-state index >= 15 is 0 Å². The van der Waals surface area contributed by atoms with Gasteiger partial charge in [0.05, 0.1) is 0 Å². The highest BCUT2D eigenvalue weighted by Crippen LogP contribution is 2.25. The summed E-state index contributed by atoms with van der Waals surface area (Å²) in [5.74, 6) is -6.04. The van der Waals surface area contributed by atoms with Crippen LogP contribution in [0.2, 0.25) is 0 Å². The lowest BCUT2D eigenvalue weighted by molar-refractivity contribution is 0.272. The fourth-order valence-electron chi connectivity index (χ4n) is 1.20. The lowest BCUT2D eigenvalue weighted by atomic mass is 10.0. The van der Waals surface area contributed by atoms with E-state index in [4.69, 9.17) is 10.8 Å². The maximum absolute atomic E-state index is 13.1. The minimum absolute atomic E-state index is 0. The fourth-order valence-corrected chi connectivity index (χ4v) is 1.20. The Bertz CT molecular complexity index is 349. The molecule has 16 heavy (non-hydrogen) atoms. The second kappa shape index (κ2) is 6.03. The summed E-state index contributed by atoms with van der Waals surface area (Å²) in [5, 5.41) is 8.51. The summed E-state index contributed by atoms with van der Waals surface area (Å²) in [5.41, 5.74) is 4.40. The van der Waals surface area contributed by atoms with Gasteiger partial charge in [-0.3, -0.25) is 0 Å². The van der Waals surface area contributed by atoms with E-state index in [0.29, 0.717) is 0 Å². The van der Waals surface area contributed by atoms with Crippen molar-refractivity contribution in [3.63, 3.8) is 0 Å². The smallest absolute Gasteiger partial charge is 0.166 e. The molecule has 0 saturated heterocycles. The summed E-state index contributed by atoms with van der Waals surface area (Å²) >= 11 is 0. The van der Waals surface area contributed by atoms with Crippen LogP contribution in [0.5, 0.6) is 0 Å². The third-order valence-corrected chi connectivity index (χ3v) is 1.96. The molecule has 0 bridgehead atoms. The second-order valence-corrected chi connectivity index (χ2v) is 3.00. The number of hydrogen-bond donors (Lipinski definition) is 2. The SMILES string of the molecule is Cl.NC(CCO)c1c(F)c(F)cc(F)c1F. The standard InChI is InChI=1S/C9H9F4NO.ClH/c10-4-3-5(11)9(13)7(8(4)12)6(14)1-2-15;/h3,6,15H,1-2,14H2;1H. The molecule has 7 heteroatoms. The van der Waals surface area contributed by atoms with Crippen molar-refractivity contribution in [1.82, 2.24) is 0 Å². The molecule has 2 nitrogen and oxygen atoms in total. The average Bonchev–Trinajstić information content (AvgIpc) is 2.16. The average molecular weight is 260 g/mol. The largest absolute Gasteiger partial charge is 0.396 e. The fraction of sp³-hybridized carbons (Fsp3) is 0.333. The monoisotopic (exact) mass is 259 g/mol. The van der Waals surface area contributed by atoms with E-state index in [1.165, 1.54) is 0 Å². The molecule has 0 aliphatic heterocycles. The molecule has 92 valence electrons. The van der Waals surface area contributed by atoms with E-state index < -0.39 is 41.5 Å². The number of rotatable bonds is 3. The molecule has 0 radical (unpaired) electrons. The van der Waals surface area contributed by atoms with Gasteiger partial charge in [0, 0.05) is 24.3 Å². The number of halogens is 5. The molecule has 1 aromatic rings. The lowest BCUT2D eigenvalue weighted by Crippen LogP contribution is -2.17. The van der Waals surface area contributed by atoms with E-state index in [9.17, 15) is 17.6 Å². The number of benzene rings is 1. The maximum Gasteiger partial charge on any atom is 0.166 e. The first-order valence-corrected chi connectivity index (χ1v) is 4.18. The third-order valence-electron chi connectivity index (χ3n) is 1.96. The van der Waals surface area contributed by atoms with Crippen LogP contribution in [0.1, 0.15) is 18.0 Å². The second-order valence-electron chi connectivity index (χ2n) is 3.00. The van der Waals surface area contributed by atoms with Crippen LogP contribution < -0.4 is 5.73 Å². The van der Waals surface area contributed by atoms with Crippen molar-refractivity contribution < 1.29 is 22.7 Å². The van der Waals surface area contributed by atoms with Crippen LogP contribution in [0.15, 0.2) is 6.07 Å². The zero-order valence-corrected chi connectivity index (χ0v) is 8.83. The Kier molecular flexibility index (Phi) is 5.71. The highest BCUT2D eigenvalue weighted by atomic mass is 35.5. The Morgan fingerprint density at radius 2 is 1.56 bits per heavy atom. The van der Waals surface area contributed by atoms with E-state index in [0.717, 1.165) is 0 Å². The van der Waals surface area contributed by atoms with Crippen LogP contribution >= 0.6 is 12.4 Å². The number of aliphatic hydroxyl groups excluding tert-OH is 1. The number of nitrogens with two attached hydrogens (primary N) is 1. The number of aliphatic hydroxyl groups is 1.